The van der Waals surface area contributed by atoms with E-state index >= 15 is 0 Å². The number of aromatic nitrogens is 2. The molecule has 0 aliphatic carbocycles. The number of piperidine rings is 1. The molecular weight excluding hydrogens is 376 g/mol. The predicted octanol–water partition coefficient (Wildman–Crippen LogP) is 3.31. The summed E-state index contributed by atoms with van der Waals surface area (Å²) in [6.07, 6.45) is 6.35. The molecule has 8 heteroatoms. The van der Waals surface area contributed by atoms with E-state index in [0.717, 1.165) is 16.8 Å². The van der Waals surface area contributed by atoms with Gasteiger partial charge in [0.2, 0.25) is 16.0 Å². The van der Waals surface area contributed by atoms with Crippen LogP contribution in [0.2, 0.25) is 0 Å². The summed E-state index contributed by atoms with van der Waals surface area (Å²) in [7, 11) is -3.45. The average Bonchev–Trinajstić information content (AvgIpc) is 3.24. The van der Waals surface area contributed by atoms with Gasteiger partial charge in [0.25, 0.3) is 0 Å². The van der Waals surface area contributed by atoms with Crippen molar-refractivity contribution < 1.29 is 12.8 Å². The van der Waals surface area contributed by atoms with Gasteiger partial charge in [-0.05, 0) is 44.0 Å². The Bertz CT molecular complexity index is 1030. The topological polar surface area (TPSA) is 88.3 Å². The lowest BCUT2D eigenvalue weighted by Crippen LogP contribution is -2.42. The van der Waals surface area contributed by atoms with Crippen LogP contribution >= 0.6 is 0 Å². The number of nitrogens with one attached hydrogen (secondary N) is 1. The van der Waals surface area contributed by atoms with Crippen molar-refractivity contribution in [3.8, 4) is 11.3 Å². The lowest BCUT2D eigenvalue weighted by molar-refractivity contribution is 0.329. The summed E-state index contributed by atoms with van der Waals surface area (Å²) in [6.45, 7) is 2.88. The number of hydrogen-bond acceptors (Lipinski definition) is 6. The van der Waals surface area contributed by atoms with Crippen LogP contribution in [0.1, 0.15) is 18.4 Å². The fourth-order valence-corrected chi connectivity index (χ4v) is 4.75. The standard InChI is InChI=1S/C20H22N4O3S/c1-15-2-4-18(5-3-15)28(25,26)24-11-7-17(8-12-24)22-20-21-10-6-19(23-20)16-9-13-27-14-16/h2-6,9-10,13-14,17H,7-8,11-12H2,1H3,(H,21,22,23). The molecule has 4 rings (SSSR count). The minimum Gasteiger partial charge on any atom is -0.472 e. The second-order valence-corrected chi connectivity index (χ2v) is 8.85. The SMILES string of the molecule is Cc1ccc(S(=O)(=O)N2CCC(Nc3nccc(-c4ccoc4)n3)CC2)cc1. The highest BCUT2D eigenvalue weighted by Gasteiger charge is 2.29. The molecule has 0 saturated carbocycles. The first kappa shape index (κ1) is 18.6. The van der Waals surface area contributed by atoms with Crippen molar-refractivity contribution in [1.29, 1.82) is 0 Å². The van der Waals surface area contributed by atoms with Crippen molar-refractivity contribution in [2.24, 2.45) is 0 Å². The van der Waals surface area contributed by atoms with Gasteiger partial charge >= 0.3 is 0 Å². The van der Waals surface area contributed by atoms with Crippen molar-refractivity contribution in [3.63, 3.8) is 0 Å². The fraction of sp³-hybridized carbons (Fsp3) is 0.300. The van der Waals surface area contributed by atoms with Crippen LogP contribution < -0.4 is 5.32 Å². The summed E-state index contributed by atoms with van der Waals surface area (Å²) in [6, 6.07) is 10.8. The quantitative estimate of drug-likeness (QED) is 0.709. The Balaban J connectivity index is 1.39. The Morgan fingerprint density at radius 2 is 1.86 bits per heavy atom. The largest absolute Gasteiger partial charge is 0.472 e. The highest BCUT2D eigenvalue weighted by Crippen LogP contribution is 2.23. The number of aryl methyl sites for hydroxylation is 1. The maximum absolute atomic E-state index is 12.8. The van der Waals surface area contributed by atoms with E-state index in [1.807, 2.05) is 31.2 Å². The first-order chi connectivity index (χ1) is 13.5. The molecule has 1 aliphatic heterocycles. The Morgan fingerprint density at radius 3 is 2.54 bits per heavy atom. The minimum absolute atomic E-state index is 0.129. The van der Waals surface area contributed by atoms with Crippen molar-refractivity contribution in [2.75, 3.05) is 18.4 Å². The molecule has 0 amide bonds. The van der Waals surface area contributed by atoms with Crippen molar-refractivity contribution in [1.82, 2.24) is 14.3 Å². The summed E-state index contributed by atoms with van der Waals surface area (Å²) in [5.41, 5.74) is 2.72. The lowest BCUT2D eigenvalue weighted by Gasteiger charge is -2.31. The van der Waals surface area contributed by atoms with Crippen molar-refractivity contribution in [2.45, 2.75) is 30.7 Å². The molecule has 0 spiro atoms. The van der Waals surface area contributed by atoms with Crippen LogP contribution in [-0.2, 0) is 10.0 Å². The summed E-state index contributed by atoms with van der Waals surface area (Å²) in [5, 5.41) is 3.33. The zero-order valence-electron chi connectivity index (χ0n) is 15.6. The van der Waals surface area contributed by atoms with E-state index in [0.29, 0.717) is 36.8 Å². The van der Waals surface area contributed by atoms with Gasteiger partial charge in [-0.25, -0.2) is 18.4 Å². The van der Waals surface area contributed by atoms with Gasteiger partial charge in [-0.15, -0.1) is 0 Å². The third kappa shape index (κ3) is 3.93. The first-order valence-corrected chi connectivity index (χ1v) is 10.7. The monoisotopic (exact) mass is 398 g/mol. The Kier molecular flexibility index (Phi) is 5.15. The summed E-state index contributed by atoms with van der Waals surface area (Å²) < 4.78 is 32.3. The average molecular weight is 398 g/mol. The Hall–Kier alpha value is -2.71. The number of furan rings is 1. The molecule has 7 nitrogen and oxygen atoms in total. The fourth-order valence-electron chi connectivity index (χ4n) is 3.28. The van der Waals surface area contributed by atoms with Crippen molar-refractivity contribution in [3.05, 3.63) is 60.7 Å². The molecule has 0 bridgehead atoms. The molecular formula is C20H22N4O3S. The zero-order chi connectivity index (χ0) is 19.6. The highest BCUT2D eigenvalue weighted by atomic mass is 32.2. The summed E-state index contributed by atoms with van der Waals surface area (Å²) in [4.78, 5) is 9.15. The highest BCUT2D eigenvalue weighted by molar-refractivity contribution is 7.89. The van der Waals surface area contributed by atoms with E-state index in [1.54, 1.807) is 35.2 Å². The molecule has 1 saturated heterocycles. The van der Waals surface area contributed by atoms with Crippen LogP contribution in [-0.4, -0.2) is 41.8 Å². The van der Waals surface area contributed by atoms with Crippen LogP contribution in [0.4, 0.5) is 5.95 Å². The summed E-state index contributed by atoms with van der Waals surface area (Å²) in [5.74, 6) is 0.540. The second kappa shape index (κ2) is 7.73. The van der Waals surface area contributed by atoms with E-state index in [1.165, 1.54) is 0 Å². The number of sulfonamides is 1. The molecule has 1 aliphatic rings. The molecule has 0 atom stereocenters. The van der Waals surface area contributed by atoms with Crippen molar-refractivity contribution >= 4 is 16.0 Å². The summed E-state index contributed by atoms with van der Waals surface area (Å²) >= 11 is 0. The van der Waals surface area contributed by atoms with E-state index in [4.69, 9.17) is 4.42 Å². The molecule has 3 heterocycles. The minimum atomic E-state index is -3.45. The number of nitrogens with zero attached hydrogens (tertiary/aromatic N) is 3. The lowest BCUT2D eigenvalue weighted by atomic mass is 10.1. The van der Waals surface area contributed by atoms with Crippen LogP contribution in [0.25, 0.3) is 11.3 Å². The molecule has 0 unspecified atom stereocenters. The Labute approximate surface area is 164 Å². The Morgan fingerprint density at radius 1 is 1.11 bits per heavy atom. The molecule has 146 valence electrons. The van der Waals surface area contributed by atoms with Gasteiger partial charge < -0.3 is 9.73 Å². The van der Waals surface area contributed by atoms with Gasteiger partial charge in [-0.3, -0.25) is 0 Å². The number of benzene rings is 1. The molecule has 1 fully saturated rings. The van der Waals surface area contributed by atoms with E-state index in [2.05, 4.69) is 15.3 Å². The van der Waals surface area contributed by atoms with Gasteiger partial charge in [0.1, 0.15) is 0 Å². The molecule has 1 aromatic carbocycles. The number of rotatable bonds is 5. The third-order valence-corrected chi connectivity index (χ3v) is 6.83. The van der Waals surface area contributed by atoms with Crippen LogP contribution in [0.3, 0.4) is 0 Å². The van der Waals surface area contributed by atoms with Crippen LogP contribution in [0.15, 0.2) is 64.4 Å². The third-order valence-electron chi connectivity index (χ3n) is 4.92. The van der Waals surface area contributed by atoms with Crippen LogP contribution in [0.5, 0.6) is 0 Å². The predicted molar refractivity (Wildman–Crippen MR) is 106 cm³/mol. The zero-order valence-corrected chi connectivity index (χ0v) is 16.4. The molecule has 28 heavy (non-hydrogen) atoms. The molecule has 1 N–H and O–H groups in total. The van der Waals surface area contributed by atoms with Gasteiger partial charge in [0.15, 0.2) is 0 Å². The van der Waals surface area contributed by atoms with Gasteiger partial charge in [-0.2, -0.15) is 4.31 Å². The second-order valence-electron chi connectivity index (χ2n) is 6.91. The van der Waals surface area contributed by atoms with Crippen LogP contribution in [0, 0.1) is 6.92 Å². The number of hydrogen-bond donors (Lipinski definition) is 1. The van der Waals surface area contributed by atoms with Gasteiger partial charge in [0, 0.05) is 30.9 Å². The smallest absolute Gasteiger partial charge is 0.243 e. The maximum Gasteiger partial charge on any atom is 0.243 e. The van der Waals surface area contributed by atoms with E-state index < -0.39 is 10.0 Å². The van der Waals surface area contributed by atoms with Gasteiger partial charge in [0.05, 0.1) is 23.1 Å². The van der Waals surface area contributed by atoms with E-state index in [-0.39, 0.29) is 6.04 Å². The van der Waals surface area contributed by atoms with Gasteiger partial charge in [-0.1, -0.05) is 17.7 Å². The van der Waals surface area contributed by atoms with E-state index in [9.17, 15) is 8.42 Å². The number of anilines is 1. The molecule has 3 aromatic rings. The maximum atomic E-state index is 12.8. The molecule has 0 radical (unpaired) electrons. The normalized spacial score (nSPS) is 16.2. The first-order valence-electron chi connectivity index (χ1n) is 9.21. The molecule has 2 aromatic heterocycles.